The number of aromatic nitrogens is 2. The predicted octanol–water partition coefficient (Wildman–Crippen LogP) is 1.06. The highest BCUT2D eigenvalue weighted by atomic mass is 16.4. The molecule has 1 aliphatic rings. The van der Waals surface area contributed by atoms with E-state index in [4.69, 9.17) is 0 Å². The fourth-order valence-electron chi connectivity index (χ4n) is 2.78. The molecule has 0 aliphatic carbocycles. The van der Waals surface area contributed by atoms with Crippen LogP contribution in [-0.4, -0.2) is 28.2 Å². The lowest BCUT2D eigenvalue weighted by Crippen LogP contribution is -2.29. The van der Waals surface area contributed by atoms with E-state index in [1.54, 1.807) is 24.5 Å². The normalized spacial score (nSPS) is 12.8. The summed E-state index contributed by atoms with van der Waals surface area (Å²) < 4.78 is 0. The van der Waals surface area contributed by atoms with E-state index in [0.717, 1.165) is 0 Å². The quantitative estimate of drug-likeness (QED) is 0.653. The van der Waals surface area contributed by atoms with Crippen LogP contribution in [0.15, 0.2) is 41.6 Å². The average molecular weight is 320 g/mol. The van der Waals surface area contributed by atoms with Gasteiger partial charge in [-0.2, -0.15) is 5.10 Å². The van der Waals surface area contributed by atoms with Gasteiger partial charge in [0.1, 0.15) is 6.09 Å². The van der Waals surface area contributed by atoms with Crippen molar-refractivity contribution in [2.75, 3.05) is 5.32 Å². The van der Waals surface area contributed by atoms with Crippen LogP contribution in [0.3, 0.4) is 0 Å². The van der Waals surface area contributed by atoms with Crippen LogP contribution in [0, 0.1) is 0 Å². The van der Waals surface area contributed by atoms with Crippen LogP contribution in [0.1, 0.15) is 15.9 Å². The van der Waals surface area contributed by atoms with E-state index >= 15 is 0 Å². The molecule has 4 rings (SSSR count). The second-order valence-corrected chi connectivity index (χ2v) is 5.19. The number of hydrazone groups is 1. The standard InChI is InChI=1S/C16H11N5O3/c22-15-9-5-8(19-16(23)24)6-12-13(9)10(7-18-21-15)14(20-12)11-3-1-2-4-17-11/h1-7,19-20H,(H,21,22)(H,23,24)/p-1. The van der Waals surface area contributed by atoms with Crippen molar-refractivity contribution >= 4 is 34.8 Å². The van der Waals surface area contributed by atoms with Crippen LogP contribution in [0.25, 0.3) is 22.3 Å². The van der Waals surface area contributed by atoms with Crippen LogP contribution in [-0.2, 0) is 0 Å². The Kier molecular flexibility index (Phi) is 3.02. The highest BCUT2D eigenvalue weighted by molar-refractivity contribution is 6.18. The number of H-pyrrole nitrogens is 1. The van der Waals surface area contributed by atoms with Gasteiger partial charge in [0.25, 0.3) is 5.91 Å². The van der Waals surface area contributed by atoms with Crippen molar-refractivity contribution in [3.05, 3.63) is 47.7 Å². The van der Waals surface area contributed by atoms with Gasteiger partial charge in [0.05, 0.1) is 23.2 Å². The number of carbonyl (C=O) groups is 2. The van der Waals surface area contributed by atoms with E-state index < -0.39 is 12.0 Å². The molecule has 3 N–H and O–H groups in total. The number of nitrogens with one attached hydrogen (secondary N) is 3. The van der Waals surface area contributed by atoms with Crippen molar-refractivity contribution in [1.29, 1.82) is 0 Å². The number of carbonyl (C=O) groups excluding carboxylic acids is 2. The summed E-state index contributed by atoms with van der Waals surface area (Å²) in [5.74, 6) is -0.427. The smallest absolute Gasteiger partial charge is 0.272 e. The lowest BCUT2D eigenvalue weighted by atomic mass is 10.0. The zero-order valence-electron chi connectivity index (χ0n) is 12.2. The Morgan fingerprint density at radius 1 is 1.25 bits per heavy atom. The minimum absolute atomic E-state index is 0.231. The maximum absolute atomic E-state index is 12.2. The van der Waals surface area contributed by atoms with Crippen LogP contribution >= 0.6 is 0 Å². The Morgan fingerprint density at radius 3 is 2.88 bits per heavy atom. The van der Waals surface area contributed by atoms with Crippen molar-refractivity contribution in [1.82, 2.24) is 15.4 Å². The molecule has 0 radical (unpaired) electrons. The maximum Gasteiger partial charge on any atom is 0.272 e. The third-order valence-corrected chi connectivity index (χ3v) is 3.71. The number of hydrogen-bond donors (Lipinski definition) is 3. The van der Waals surface area contributed by atoms with Crippen molar-refractivity contribution < 1.29 is 14.7 Å². The van der Waals surface area contributed by atoms with Crippen LogP contribution < -0.4 is 15.8 Å². The van der Waals surface area contributed by atoms with Gasteiger partial charge in [0.15, 0.2) is 0 Å². The van der Waals surface area contributed by atoms with Gasteiger partial charge in [-0.3, -0.25) is 9.78 Å². The highest BCUT2D eigenvalue weighted by Crippen LogP contribution is 2.33. The molecule has 8 heteroatoms. The van der Waals surface area contributed by atoms with E-state index in [1.165, 1.54) is 6.07 Å². The summed E-state index contributed by atoms with van der Waals surface area (Å²) >= 11 is 0. The number of anilines is 1. The van der Waals surface area contributed by atoms with E-state index in [2.05, 4.69) is 25.8 Å². The number of rotatable bonds is 2. The Morgan fingerprint density at radius 2 is 2.12 bits per heavy atom. The van der Waals surface area contributed by atoms with Crippen LogP contribution in [0.2, 0.25) is 0 Å². The van der Waals surface area contributed by atoms with Gasteiger partial charge in [-0.05, 0) is 24.3 Å². The molecule has 0 spiro atoms. The molecule has 24 heavy (non-hydrogen) atoms. The SMILES string of the molecule is O=C([O-])Nc1cc2c3c(c(-c4ccccn4)[nH]c3c1)C=NNC2=O. The van der Waals surface area contributed by atoms with Gasteiger partial charge in [-0.15, -0.1) is 0 Å². The molecule has 0 fully saturated rings. The van der Waals surface area contributed by atoms with E-state index in [1.807, 2.05) is 12.1 Å². The first-order chi connectivity index (χ1) is 11.6. The largest absolute Gasteiger partial charge is 0.530 e. The molecule has 0 saturated heterocycles. The van der Waals surface area contributed by atoms with Crippen LogP contribution in [0.5, 0.6) is 0 Å². The summed E-state index contributed by atoms with van der Waals surface area (Å²) in [5.41, 5.74) is 5.62. The maximum atomic E-state index is 12.2. The fraction of sp³-hybridized carbons (Fsp3) is 0. The fourth-order valence-corrected chi connectivity index (χ4v) is 2.78. The van der Waals surface area contributed by atoms with Gasteiger partial charge in [-0.1, -0.05) is 6.07 Å². The van der Waals surface area contributed by atoms with Gasteiger partial charge in [0.2, 0.25) is 0 Å². The molecular formula is C16H10N5O3-. The number of pyridine rings is 1. The van der Waals surface area contributed by atoms with E-state index in [0.29, 0.717) is 33.4 Å². The number of amides is 2. The number of nitrogens with zero attached hydrogens (tertiary/aromatic N) is 2. The van der Waals surface area contributed by atoms with Crippen molar-refractivity contribution in [2.45, 2.75) is 0 Å². The van der Waals surface area contributed by atoms with Gasteiger partial charge in [0, 0.05) is 28.4 Å². The lowest BCUT2D eigenvalue weighted by Gasteiger charge is -2.09. The number of benzene rings is 1. The summed E-state index contributed by atoms with van der Waals surface area (Å²) in [5, 5.41) is 17.5. The molecular weight excluding hydrogens is 310 g/mol. The summed E-state index contributed by atoms with van der Waals surface area (Å²) in [6.45, 7) is 0. The Bertz CT molecular complexity index is 1010. The molecule has 0 unspecified atom stereocenters. The Balaban J connectivity index is 2.03. The molecule has 2 amide bonds. The zero-order valence-corrected chi connectivity index (χ0v) is 12.2. The molecule has 3 heterocycles. The lowest BCUT2D eigenvalue weighted by molar-refractivity contribution is -0.242. The summed E-state index contributed by atoms with van der Waals surface area (Å²) in [6.07, 6.45) is 1.75. The predicted molar refractivity (Wildman–Crippen MR) is 85.6 cm³/mol. The Hall–Kier alpha value is -3.68. The summed E-state index contributed by atoms with van der Waals surface area (Å²) in [4.78, 5) is 30.5. The molecule has 1 aromatic carbocycles. The molecule has 8 nitrogen and oxygen atoms in total. The Labute approximate surface area is 135 Å². The molecule has 0 atom stereocenters. The molecule has 118 valence electrons. The molecule has 2 aromatic heterocycles. The molecule has 1 aliphatic heterocycles. The highest BCUT2D eigenvalue weighted by Gasteiger charge is 2.22. The second kappa shape index (κ2) is 5.20. The van der Waals surface area contributed by atoms with E-state index in [-0.39, 0.29) is 5.69 Å². The minimum atomic E-state index is -1.46. The number of carboxylic acid groups (broad SMARTS) is 1. The third kappa shape index (κ3) is 2.17. The first kappa shape index (κ1) is 13.9. The summed E-state index contributed by atoms with van der Waals surface area (Å²) in [7, 11) is 0. The first-order valence-corrected chi connectivity index (χ1v) is 7.06. The topological polar surface area (TPSA) is 122 Å². The molecule has 3 aromatic rings. The molecule has 0 saturated carbocycles. The van der Waals surface area contributed by atoms with Gasteiger partial charge in [-0.25, -0.2) is 5.43 Å². The van der Waals surface area contributed by atoms with Gasteiger partial charge >= 0.3 is 0 Å². The van der Waals surface area contributed by atoms with Crippen molar-refractivity contribution in [3.63, 3.8) is 0 Å². The average Bonchev–Trinajstić information content (AvgIpc) is 2.84. The van der Waals surface area contributed by atoms with E-state index in [9.17, 15) is 14.7 Å². The number of aromatic amines is 1. The second-order valence-electron chi connectivity index (χ2n) is 5.19. The monoisotopic (exact) mass is 320 g/mol. The number of hydrogen-bond acceptors (Lipinski definition) is 5. The summed E-state index contributed by atoms with van der Waals surface area (Å²) in [6, 6.07) is 8.52. The molecule has 0 bridgehead atoms. The van der Waals surface area contributed by atoms with Crippen LogP contribution in [0.4, 0.5) is 10.5 Å². The third-order valence-electron chi connectivity index (χ3n) is 3.71. The van der Waals surface area contributed by atoms with Gasteiger partial charge < -0.3 is 20.2 Å². The first-order valence-electron chi connectivity index (χ1n) is 7.06. The van der Waals surface area contributed by atoms with Crippen molar-refractivity contribution in [3.8, 4) is 11.4 Å². The zero-order chi connectivity index (χ0) is 16.7. The minimum Gasteiger partial charge on any atom is -0.530 e. The van der Waals surface area contributed by atoms with Crippen molar-refractivity contribution in [2.24, 2.45) is 5.10 Å².